The molecule has 1 aliphatic rings. The summed E-state index contributed by atoms with van der Waals surface area (Å²) in [5.74, 6) is -1.11. The Morgan fingerprint density at radius 1 is 1.46 bits per heavy atom. The van der Waals surface area contributed by atoms with Gasteiger partial charge in [-0.05, 0) is 6.92 Å². The van der Waals surface area contributed by atoms with E-state index in [0.717, 1.165) is 0 Å². The standard InChI is InChI=1S/C8H14O4S/c1-5(6(2)9)7-3-13(11,12)4-8(7)10/h5,7-8,10H,3-4H2,1-2H3. The molecular formula is C8H14O4S. The van der Waals surface area contributed by atoms with E-state index in [2.05, 4.69) is 0 Å². The minimum atomic E-state index is -3.13. The molecule has 0 aliphatic carbocycles. The van der Waals surface area contributed by atoms with Crippen LogP contribution in [-0.2, 0) is 14.6 Å². The summed E-state index contributed by atoms with van der Waals surface area (Å²) in [5.41, 5.74) is 0. The third-order valence-electron chi connectivity index (χ3n) is 2.65. The van der Waals surface area contributed by atoms with Crippen LogP contribution in [0.15, 0.2) is 0 Å². The predicted octanol–water partition coefficient (Wildman–Crippen LogP) is -0.383. The molecule has 1 rings (SSSR count). The van der Waals surface area contributed by atoms with Gasteiger partial charge in [0, 0.05) is 11.8 Å². The van der Waals surface area contributed by atoms with Crippen molar-refractivity contribution in [2.45, 2.75) is 20.0 Å². The van der Waals surface area contributed by atoms with Gasteiger partial charge < -0.3 is 5.11 Å². The monoisotopic (exact) mass is 206 g/mol. The zero-order valence-electron chi connectivity index (χ0n) is 7.73. The number of carbonyl (C=O) groups is 1. The molecule has 1 heterocycles. The van der Waals surface area contributed by atoms with Crippen molar-refractivity contribution in [3.05, 3.63) is 0 Å². The van der Waals surface area contributed by atoms with Crippen molar-refractivity contribution >= 4 is 15.6 Å². The van der Waals surface area contributed by atoms with Gasteiger partial charge in [-0.3, -0.25) is 4.79 Å². The summed E-state index contributed by atoms with van der Waals surface area (Å²) in [5, 5.41) is 9.41. The quantitative estimate of drug-likeness (QED) is 0.668. The van der Waals surface area contributed by atoms with Gasteiger partial charge in [0.25, 0.3) is 0 Å². The molecule has 0 spiro atoms. The molecular weight excluding hydrogens is 192 g/mol. The SMILES string of the molecule is CC(=O)C(C)C1CS(=O)(=O)CC1O. The summed E-state index contributed by atoms with van der Waals surface area (Å²) < 4.78 is 22.2. The fourth-order valence-electron chi connectivity index (χ4n) is 1.64. The molecule has 1 N–H and O–H groups in total. The molecule has 0 aromatic carbocycles. The van der Waals surface area contributed by atoms with Crippen LogP contribution in [0, 0.1) is 11.8 Å². The van der Waals surface area contributed by atoms with E-state index in [1.165, 1.54) is 6.92 Å². The highest BCUT2D eigenvalue weighted by molar-refractivity contribution is 7.91. The highest BCUT2D eigenvalue weighted by atomic mass is 32.2. The molecule has 4 nitrogen and oxygen atoms in total. The lowest BCUT2D eigenvalue weighted by Gasteiger charge is -2.17. The predicted molar refractivity (Wildman–Crippen MR) is 48.0 cm³/mol. The molecule has 1 aliphatic heterocycles. The molecule has 1 saturated heterocycles. The Kier molecular flexibility index (Phi) is 2.77. The van der Waals surface area contributed by atoms with Crippen molar-refractivity contribution in [1.82, 2.24) is 0 Å². The first-order chi connectivity index (χ1) is 5.83. The average Bonchev–Trinajstić information content (AvgIpc) is 2.22. The van der Waals surface area contributed by atoms with Crippen LogP contribution in [0.2, 0.25) is 0 Å². The highest BCUT2D eigenvalue weighted by Gasteiger charge is 2.40. The maximum atomic E-state index is 11.1. The smallest absolute Gasteiger partial charge is 0.153 e. The van der Waals surface area contributed by atoms with Gasteiger partial charge in [0.05, 0.1) is 17.6 Å². The fourth-order valence-corrected chi connectivity index (χ4v) is 3.64. The van der Waals surface area contributed by atoms with Crippen molar-refractivity contribution in [1.29, 1.82) is 0 Å². The number of aliphatic hydroxyl groups excluding tert-OH is 1. The van der Waals surface area contributed by atoms with E-state index in [-0.39, 0.29) is 23.2 Å². The second kappa shape index (κ2) is 3.38. The van der Waals surface area contributed by atoms with Gasteiger partial charge in [0.2, 0.25) is 0 Å². The van der Waals surface area contributed by atoms with E-state index in [9.17, 15) is 18.3 Å². The first-order valence-electron chi connectivity index (χ1n) is 4.22. The molecule has 3 unspecified atom stereocenters. The molecule has 0 aromatic rings. The summed E-state index contributed by atoms with van der Waals surface area (Å²) in [6.07, 6.45) is -0.871. The number of rotatable bonds is 2. The second-order valence-electron chi connectivity index (χ2n) is 3.71. The number of sulfone groups is 1. The number of hydrogen-bond acceptors (Lipinski definition) is 4. The van der Waals surface area contributed by atoms with Crippen molar-refractivity contribution in [3.8, 4) is 0 Å². The third kappa shape index (κ3) is 2.28. The number of Topliss-reactive ketones (excluding diaryl/α,β-unsaturated/α-hetero) is 1. The van der Waals surface area contributed by atoms with E-state index in [1.54, 1.807) is 6.92 Å². The van der Waals surface area contributed by atoms with Gasteiger partial charge in [-0.15, -0.1) is 0 Å². The van der Waals surface area contributed by atoms with Crippen LogP contribution in [-0.4, -0.2) is 36.9 Å². The van der Waals surface area contributed by atoms with Crippen LogP contribution in [0.4, 0.5) is 0 Å². The van der Waals surface area contributed by atoms with Crippen LogP contribution in [0.5, 0.6) is 0 Å². The summed E-state index contributed by atoms with van der Waals surface area (Å²) in [4.78, 5) is 11.0. The third-order valence-corrected chi connectivity index (χ3v) is 4.39. The van der Waals surface area contributed by atoms with Gasteiger partial charge in [0.1, 0.15) is 5.78 Å². The fraction of sp³-hybridized carbons (Fsp3) is 0.875. The van der Waals surface area contributed by atoms with Crippen molar-refractivity contribution < 1.29 is 18.3 Å². The van der Waals surface area contributed by atoms with E-state index >= 15 is 0 Å². The van der Waals surface area contributed by atoms with Crippen LogP contribution in [0.25, 0.3) is 0 Å². The van der Waals surface area contributed by atoms with E-state index in [4.69, 9.17) is 0 Å². The molecule has 3 atom stereocenters. The summed E-state index contributed by atoms with van der Waals surface area (Å²) >= 11 is 0. The van der Waals surface area contributed by atoms with Gasteiger partial charge >= 0.3 is 0 Å². The van der Waals surface area contributed by atoms with Crippen LogP contribution >= 0.6 is 0 Å². The summed E-state index contributed by atoms with van der Waals surface area (Å²) in [6.45, 7) is 3.08. The molecule has 0 radical (unpaired) electrons. The minimum Gasteiger partial charge on any atom is -0.392 e. The zero-order valence-corrected chi connectivity index (χ0v) is 8.54. The Morgan fingerprint density at radius 3 is 2.31 bits per heavy atom. The van der Waals surface area contributed by atoms with Crippen LogP contribution < -0.4 is 0 Å². The summed E-state index contributed by atoms with van der Waals surface area (Å²) in [7, 11) is -3.13. The van der Waals surface area contributed by atoms with Crippen molar-refractivity contribution in [2.75, 3.05) is 11.5 Å². The Hall–Kier alpha value is -0.420. The second-order valence-corrected chi connectivity index (χ2v) is 5.86. The Morgan fingerprint density at radius 2 is 2.00 bits per heavy atom. The molecule has 0 amide bonds. The maximum Gasteiger partial charge on any atom is 0.153 e. The van der Waals surface area contributed by atoms with Gasteiger partial charge in [-0.25, -0.2) is 8.42 Å². The molecule has 13 heavy (non-hydrogen) atoms. The number of aliphatic hydroxyl groups is 1. The Labute approximate surface area is 77.9 Å². The molecule has 0 bridgehead atoms. The van der Waals surface area contributed by atoms with Gasteiger partial charge in [-0.2, -0.15) is 0 Å². The van der Waals surface area contributed by atoms with Gasteiger partial charge in [0.15, 0.2) is 9.84 Å². The molecule has 1 fully saturated rings. The lowest BCUT2D eigenvalue weighted by Crippen LogP contribution is -2.28. The highest BCUT2D eigenvalue weighted by Crippen LogP contribution is 2.26. The molecule has 0 saturated carbocycles. The lowest BCUT2D eigenvalue weighted by molar-refractivity contribution is -0.122. The van der Waals surface area contributed by atoms with E-state index in [0.29, 0.717) is 0 Å². The van der Waals surface area contributed by atoms with Gasteiger partial charge in [-0.1, -0.05) is 6.92 Å². The minimum absolute atomic E-state index is 0.0606. The Bertz CT molecular complexity index is 306. The largest absolute Gasteiger partial charge is 0.392 e. The normalized spacial score (nSPS) is 34.4. The number of carbonyl (C=O) groups excluding carboxylic acids is 1. The first-order valence-corrected chi connectivity index (χ1v) is 6.04. The van der Waals surface area contributed by atoms with Crippen LogP contribution in [0.1, 0.15) is 13.8 Å². The number of hydrogen-bond donors (Lipinski definition) is 1. The summed E-state index contributed by atoms with van der Waals surface area (Å²) in [6, 6.07) is 0. The average molecular weight is 206 g/mol. The Balaban J connectivity index is 2.79. The topological polar surface area (TPSA) is 71.4 Å². The van der Waals surface area contributed by atoms with Crippen molar-refractivity contribution in [2.24, 2.45) is 11.8 Å². The first kappa shape index (κ1) is 10.7. The number of ketones is 1. The maximum absolute atomic E-state index is 11.1. The van der Waals surface area contributed by atoms with Crippen LogP contribution in [0.3, 0.4) is 0 Å². The molecule has 0 aromatic heterocycles. The zero-order chi connectivity index (χ0) is 10.2. The van der Waals surface area contributed by atoms with E-state index < -0.39 is 21.9 Å². The molecule has 5 heteroatoms. The van der Waals surface area contributed by atoms with E-state index in [1.807, 2.05) is 0 Å². The lowest BCUT2D eigenvalue weighted by atomic mass is 9.89. The molecule has 76 valence electrons. The van der Waals surface area contributed by atoms with Crippen molar-refractivity contribution in [3.63, 3.8) is 0 Å².